The van der Waals surface area contributed by atoms with Crippen LogP contribution >= 0.6 is 11.3 Å². The standard InChI is InChI=1S/C21H28N4O4S2/c1-23-15-18(13-19(23)21(27)24-8-2-3-9-24)31(28,29)25-10-6-16(7-11-25)20(26)22-14-17-5-4-12-30-17/h4-5,12-13,15-16H,2-3,6-11,14H2,1H3,(H,22,26). The van der Waals surface area contributed by atoms with E-state index < -0.39 is 10.0 Å². The minimum absolute atomic E-state index is 0.0244. The summed E-state index contributed by atoms with van der Waals surface area (Å²) >= 11 is 1.59. The molecule has 8 nitrogen and oxygen atoms in total. The van der Waals surface area contributed by atoms with Crippen LogP contribution in [0.3, 0.4) is 0 Å². The van der Waals surface area contributed by atoms with Crippen LogP contribution in [0.4, 0.5) is 0 Å². The van der Waals surface area contributed by atoms with Crippen LogP contribution in [0.15, 0.2) is 34.7 Å². The van der Waals surface area contributed by atoms with Crippen LogP contribution in [0.1, 0.15) is 41.0 Å². The van der Waals surface area contributed by atoms with Gasteiger partial charge in [-0.1, -0.05) is 6.07 Å². The first-order valence-corrected chi connectivity index (χ1v) is 12.9. The number of hydrogen-bond acceptors (Lipinski definition) is 5. The molecule has 2 aliphatic rings. The molecule has 2 aromatic heterocycles. The fourth-order valence-corrected chi connectivity index (χ4v) is 6.40. The number of sulfonamides is 1. The molecule has 2 saturated heterocycles. The van der Waals surface area contributed by atoms with Gasteiger partial charge in [-0.15, -0.1) is 11.3 Å². The van der Waals surface area contributed by atoms with Gasteiger partial charge in [-0.2, -0.15) is 4.31 Å². The maximum Gasteiger partial charge on any atom is 0.270 e. The van der Waals surface area contributed by atoms with Crippen LogP contribution in [0.5, 0.6) is 0 Å². The van der Waals surface area contributed by atoms with Crippen LogP contribution in [-0.2, 0) is 28.4 Å². The molecule has 2 fully saturated rings. The third-order valence-electron chi connectivity index (χ3n) is 6.07. The second kappa shape index (κ2) is 9.13. The van der Waals surface area contributed by atoms with Crippen LogP contribution in [-0.4, -0.2) is 60.2 Å². The average Bonchev–Trinajstić information content (AvgIpc) is 3.53. The van der Waals surface area contributed by atoms with E-state index in [4.69, 9.17) is 0 Å². The first-order valence-electron chi connectivity index (χ1n) is 10.6. The molecular formula is C21H28N4O4S2. The first-order chi connectivity index (χ1) is 14.9. The van der Waals surface area contributed by atoms with E-state index >= 15 is 0 Å². The van der Waals surface area contributed by atoms with Gasteiger partial charge in [-0.25, -0.2) is 8.42 Å². The highest BCUT2D eigenvalue weighted by molar-refractivity contribution is 7.89. The van der Waals surface area contributed by atoms with Crippen molar-refractivity contribution in [2.24, 2.45) is 13.0 Å². The van der Waals surface area contributed by atoms with E-state index in [-0.39, 0.29) is 22.6 Å². The Balaban J connectivity index is 1.37. The third kappa shape index (κ3) is 4.70. The minimum Gasteiger partial charge on any atom is -0.351 e. The molecule has 2 amide bonds. The maximum atomic E-state index is 13.1. The zero-order chi connectivity index (χ0) is 22.0. The smallest absolute Gasteiger partial charge is 0.270 e. The van der Waals surface area contributed by atoms with Gasteiger partial charge in [0.1, 0.15) is 10.6 Å². The number of carbonyl (C=O) groups excluding carboxylic acids is 2. The van der Waals surface area contributed by atoms with Crippen molar-refractivity contribution in [1.82, 2.24) is 19.1 Å². The number of aromatic nitrogens is 1. The van der Waals surface area contributed by atoms with Gasteiger partial charge in [-0.05, 0) is 43.2 Å². The molecule has 1 N–H and O–H groups in total. The number of aryl methyl sites for hydroxylation is 1. The molecule has 0 aromatic carbocycles. The second-order valence-corrected chi connectivity index (χ2v) is 11.1. The Morgan fingerprint density at radius 2 is 1.87 bits per heavy atom. The monoisotopic (exact) mass is 464 g/mol. The van der Waals surface area contributed by atoms with Gasteiger partial charge < -0.3 is 14.8 Å². The summed E-state index contributed by atoms with van der Waals surface area (Å²) in [7, 11) is -2.01. The molecule has 168 valence electrons. The van der Waals surface area contributed by atoms with E-state index in [0.717, 1.165) is 17.7 Å². The quantitative estimate of drug-likeness (QED) is 0.708. The Labute approximate surface area is 186 Å². The molecule has 0 bridgehead atoms. The van der Waals surface area contributed by atoms with E-state index in [1.807, 2.05) is 17.5 Å². The molecule has 0 aliphatic carbocycles. The summed E-state index contributed by atoms with van der Waals surface area (Å²) in [6.45, 7) is 2.53. The van der Waals surface area contributed by atoms with Crippen molar-refractivity contribution in [3.63, 3.8) is 0 Å². The second-order valence-electron chi connectivity index (χ2n) is 8.15. The lowest BCUT2D eigenvalue weighted by Gasteiger charge is -2.30. The fourth-order valence-electron chi connectivity index (χ4n) is 4.21. The Bertz CT molecular complexity index is 1030. The summed E-state index contributed by atoms with van der Waals surface area (Å²) in [6, 6.07) is 5.40. The largest absolute Gasteiger partial charge is 0.351 e. The van der Waals surface area contributed by atoms with Crippen molar-refractivity contribution >= 4 is 33.2 Å². The van der Waals surface area contributed by atoms with Gasteiger partial charge in [0.05, 0.1) is 6.54 Å². The molecular weight excluding hydrogens is 436 g/mol. The Morgan fingerprint density at radius 1 is 1.16 bits per heavy atom. The molecule has 10 heteroatoms. The molecule has 0 spiro atoms. The summed E-state index contributed by atoms with van der Waals surface area (Å²) in [5.41, 5.74) is 0.392. The molecule has 0 radical (unpaired) electrons. The van der Waals surface area contributed by atoms with Crippen molar-refractivity contribution in [3.05, 3.63) is 40.3 Å². The predicted molar refractivity (Wildman–Crippen MR) is 118 cm³/mol. The fraction of sp³-hybridized carbons (Fsp3) is 0.524. The van der Waals surface area contributed by atoms with Crippen molar-refractivity contribution in [1.29, 1.82) is 0 Å². The van der Waals surface area contributed by atoms with Crippen molar-refractivity contribution in [3.8, 4) is 0 Å². The van der Waals surface area contributed by atoms with E-state index in [1.165, 1.54) is 16.6 Å². The highest BCUT2D eigenvalue weighted by Gasteiger charge is 2.34. The van der Waals surface area contributed by atoms with E-state index in [1.54, 1.807) is 27.9 Å². The van der Waals surface area contributed by atoms with E-state index in [9.17, 15) is 18.0 Å². The molecule has 31 heavy (non-hydrogen) atoms. The average molecular weight is 465 g/mol. The summed E-state index contributed by atoms with van der Waals surface area (Å²) in [5, 5.41) is 4.92. The van der Waals surface area contributed by atoms with Gasteiger partial charge in [-0.3, -0.25) is 9.59 Å². The van der Waals surface area contributed by atoms with Crippen LogP contribution < -0.4 is 5.32 Å². The number of amides is 2. The van der Waals surface area contributed by atoms with E-state index in [0.29, 0.717) is 51.3 Å². The van der Waals surface area contributed by atoms with E-state index in [2.05, 4.69) is 5.32 Å². The number of nitrogens with one attached hydrogen (secondary N) is 1. The van der Waals surface area contributed by atoms with Gasteiger partial charge in [0.2, 0.25) is 15.9 Å². The Morgan fingerprint density at radius 3 is 2.52 bits per heavy atom. The Hall–Kier alpha value is -2.17. The number of hydrogen-bond donors (Lipinski definition) is 1. The Kier molecular flexibility index (Phi) is 6.49. The lowest BCUT2D eigenvalue weighted by Crippen LogP contribution is -2.42. The molecule has 0 unspecified atom stereocenters. The van der Waals surface area contributed by atoms with Crippen LogP contribution in [0.25, 0.3) is 0 Å². The third-order valence-corrected chi connectivity index (χ3v) is 8.81. The zero-order valence-electron chi connectivity index (χ0n) is 17.6. The molecule has 2 aliphatic heterocycles. The van der Waals surface area contributed by atoms with Crippen LogP contribution in [0.2, 0.25) is 0 Å². The first kappa shape index (κ1) is 22.0. The molecule has 4 heterocycles. The lowest BCUT2D eigenvalue weighted by atomic mass is 9.97. The molecule has 2 aromatic rings. The highest BCUT2D eigenvalue weighted by Crippen LogP contribution is 2.26. The van der Waals surface area contributed by atoms with Crippen LogP contribution in [0, 0.1) is 5.92 Å². The van der Waals surface area contributed by atoms with Gasteiger partial charge in [0, 0.05) is 50.2 Å². The molecule has 0 saturated carbocycles. The van der Waals surface area contributed by atoms with Crippen molar-refractivity contribution in [2.75, 3.05) is 26.2 Å². The van der Waals surface area contributed by atoms with Crippen molar-refractivity contribution < 1.29 is 18.0 Å². The zero-order valence-corrected chi connectivity index (χ0v) is 19.3. The molecule has 0 atom stereocenters. The SMILES string of the molecule is Cn1cc(S(=O)(=O)N2CCC(C(=O)NCc3cccs3)CC2)cc1C(=O)N1CCCC1. The summed E-state index contributed by atoms with van der Waals surface area (Å²) in [4.78, 5) is 28.2. The lowest BCUT2D eigenvalue weighted by molar-refractivity contribution is -0.126. The predicted octanol–water partition coefficient (Wildman–Crippen LogP) is 2.04. The van der Waals surface area contributed by atoms with Gasteiger partial charge in [0.15, 0.2) is 0 Å². The molecule has 4 rings (SSSR count). The number of thiophene rings is 1. The van der Waals surface area contributed by atoms with Gasteiger partial charge in [0.25, 0.3) is 5.91 Å². The number of piperidine rings is 1. The number of nitrogens with zero attached hydrogens (tertiary/aromatic N) is 3. The number of likely N-dealkylation sites (tertiary alicyclic amines) is 1. The van der Waals surface area contributed by atoms with Gasteiger partial charge >= 0.3 is 0 Å². The highest BCUT2D eigenvalue weighted by atomic mass is 32.2. The maximum absolute atomic E-state index is 13.1. The summed E-state index contributed by atoms with van der Waals surface area (Å²) in [6.07, 6.45) is 4.45. The normalized spacial score (nSPS) is 18.4. The minimum atomic E-state index is -3.71. The van der Waals surface area contributed by atoms with Crippen molar-refractivity contribution in [2.45, 2.75) is 37.1 Å². The number of rotatable bonds is 6. The number of carbonyl (C=O) groups is 2. The summed E-state index contributed by atoms with van der Waals surface area (Å²) < 4.78 is 29.3. The summed E-state index contributed by atoms with van der Waals surface area (Å²) in [5.74, 6) is -0.333. The topological polar surface area (TPSA) is 91.7 Å².